The highest BCUT2D eigenvalue weighted by molar-refractivity contribution is 5.92. The molecule has 1 saturated carbocycles. The maximum atomic E-state index is 13.8. The van der Waals surface area contributed by atoms with Crippen LogP contribution >= 0.6 is 0 Å². The number of aliphatic hydroxyl groups is 1. The summed E-state index contributed by atoms with van der Waals surface area (Å²) in [4.78, 5) is 13.2. The molecule has 2 aromatic rings. The van der Waals surface area contributed by atoms with Crippen LogP contribution in [-0.2, 0) is 6.54 Å². The summed E-state index contributed by atoms with van der Waals surface area (Å²) in [7, 11) is 0. The maximum absolute atomic E-state index is 13.8. The molecule has 3 rings (SSSR count). The Kier molecular flexibility index (Phi) is 5.11. The third-order valence-corrected chi connectivity index (χ3v) is 4.41. The lowest BCUT2D eigenvalue weighted by Gasteiger charge is -2.25. The monoisotopic (exact) mass is 346 g/mol. The Bertz CT molecular complexity index is 761. The minimum Gasteiger partial charge on any atom is -0.387 e. The first-order valence-electron chi connectivity index (χ1n) is 8.20. The fraction of sp³-hybridized carbons (Fsp3) is 0.316. The minimum atomic E-state index is -1.11. The van der Waals surface area contributed by atoms with Gasteiger partial charge in [0.1, 0.15) is 11.6 Å². The van der Waals surface area contributed by atoms with Crippen molar-refractivity contribution < 1.29 is 18.7 Å². The number of hydrogen-bond acceptors (Lipinski definition) is 3. The molecule has 1 aliphatic carbocycles. The van der Waals surface area contributed by atoms with Crippen LogP contribution in [0.3, 0.4) is 0 Å². The highest BCUT2D eigenvalue weighted by Gasteiger charge is 2.31. The molecule has 4 nitrogen and oxygen atoms in total. The van der Waals surface area contributed by atoms with Crippen LogP contribution in [0.2, 0.25) is 0 Å². The zero-order valence-corrected chi connectivity index (χ0v) is 13.7. The molecule has 6 heteroatoms. The van der Waals surface area contributed by atoms with Gasteiger partial charge in [-0.25, -0.2) is 8.78 Å². The zero-order chi connectivity index (χ0) is 18.0. The number of benzene rings is 2. The van der Waals surface area contributed by atoms with Gasteiger partial charge in [-0.1, -0.05) is 12.1 Å². The van der Waals surface area contributed by atoms with Crippen molar-refractivity contribution in [2.75, 3.05) is 6.54 Å². The van der Waals surface area contributed by atoms with Crippen LogP contribution in [0.4, 0.5) is 8.78 Å². The Labute approximate surface area is 144 Å². The SMILES string of the molecule is NC(=O)c1ccc(CN(C[C@@H](O)c2cc(F)ccc2F)C2CC2)cc1. The smallest absolute Gasteiger partial charge is 0.248 e. The molecule has 0 bridgehead atoms. The number of rotatable bonds is 7. The van der Waals surface area contributed by atoms with E-state index in [9.17, 15) is 18.7 Å². The number of aliphatic hydroxyl groups excluding tert-OH is 1. The first-order chi connectivity index (χ1) is 11.9. The van der Waals surface area contributed by atoms with E-state index in [1.54, 1.807) is 12.1 Å². The molecule has 2 aromatic carbocycles. The van der Waals surface area contributed by atoms with Crippen LogP contribution in [0.15, 0.2) is 42.5 Å². The predicted octanol–water partition coefficient (Wildman–Crippen LogP) is 2.76. The Balaban J connectivity index is 1.71. The number of amides is 1. The van der Waals surface area contributed by atoms with Crippen molar-refractivity contribution in [1.82, 2.24) is 4.90 Å². The predicted molar refractivity (Wildman–Crippen MR) is 89.7 cm³/mol. The van der Waals surface area contributed by atoms with E-state index in [0.717, 1.165) is 36.6 Å². The van der Waals surface area contributed by atoms with Crippen LogP contribution in [0, 0.1) is 11.6 Å². The fourth-order valence-corrected chi connectivity index (χ4v) is 2.88. The molecular formula is C19H20F2N2O2. The third kappa shape index (κ3) is 4.41. The van der Waals surface area contributed by atoms with Crippen LogP contribution in [0.5, 0.6) is 0 Å². The van der Waals surface area contributed by atoms with E-state index in [1.165, 1.54) is 0 Å². The average Bonchev–Trinajstić information content (AvgIpc) is 3.42. The van der Waals surface area contributed by atoms with Gasteiger partial charge in [-0.05, 0) is 48.7 Å². The molecule has 0 unspecified atom stereocenters. The quantitative estimate of drug-likeness (QED) is 0.810. The van der Waals surface area contributed by atoms with Gasteiger partial charge in [-0.15, -0.1) is 0 Å². The lowest BCUT2D eigenvalue weighted by Crippen LogP contribution is -2.30. The highest BCUT2D eigenvalue weighted by Crippen LogP contribution is 2.31. The average molecular weight is 346 g/mol. The molecule has 0 aliphatic heterocycles. The number of carbonyl (C=O) groups is 1. The van der Waals surface area contributed by atoms with Crippen molar-refractivity contribution in [3.8, 4) is 0 Å². The van der Waals surface area contributed by atoms with Gasteiger partial charge in [-0.2, -0.15) is 0 Å². The second-order valence-electron chi connectivity index (χ2n) is 6.40. The Morgan fingerprint density at radius 2 is 1.88 bits per heavy atom. The molecule has 0 heterocycles. The first kappa shape index (κ1) is 17.5. The largest absolute Gasteiger partial charge is 0.387 e. The number of primary amides is 1. The van der Waals surface area contributed by atoms with Crippen molar-refractivity contribution in [3.63, 3.8) is 0 Å². The number of halogens is 2. The summed E-state index contributed by atoms with van der Waals surface area (Å²) in [6.07, 6.45) is 0.913. The number of nitrogens with zero attached hydrogens (tertiary/aromatic N) is 1. The van der Waals surface area contributed by atoms with Gasteiger partial charge in [0, 0.05) is 30.3 Å². The molecule has 132 valence electrons. The highest BCUT2D eigenvalue weighted by atomic mass is 19.1. The molecule has 1 atom stereocenters. The summed E-state index contributed by atoms with van der Waals surface area (Å²) in [5.41, 5.74) is 6.59. The van der Waals surface area contributed by atoms with Crippen molar-refractivity contribution >= 4 is 5.91 Å². The summed E-state index contributed by atoms with van der Waals surface area (Å²) >= 11 is 0. The Morgan fingerprint density at radius 1 is 1.20 bits per heavy atom. The summed E-state index contributed by atoms with van der Waals surface area (Å²) in [6, 6.07) is 10.4. The van der Waals surface area contributed by atoms with Crippen molar-refractivity contribution in [1.29, 1.82) is 0 Å². The van der Waals surface area contributed by atoms with Crippen molar-refractivity contribution in [2.45, 2.75) is 31.5 Å². The van der Waals surface area contributed by atoms with Crippen LogP contribution < -0.4 is 5.73 Å². The van der Waals surface area contributed by atoms with Crippen molar-refractivity contribution in [2.24, 2.45) is 5.73 Å². The van der Waals surface area contributed by atoms with E-state index in [1.807, 2.05) is 17.0 Å². The Morgan fingerprint density at radius 3 is 2.48 bits per heavy atom. The molecule has 1 aliphatic rings. The standard InChI is InChI=1S/C19H20F2N2O2/c20-14-5-8-17(21)16(9-14)18(24)11-23(15-6-7-15)10-12-1-3-13(4-2-12)19(22)25/h1-5,8-9,15,18,24H,6-7,10-11H2,(H2,22,25)/t18-/m1/s1. The summed E-state index contributed by atoms with van der Waals surface area (Å²) in [5.74, 6) is -1.67. The zero-order valence-electron chi connectivity index (χ0n) is 13.7. The van der Waals surface area contributed by atoms with Gasteiger partial charge < -0.3 is 10.8 Å². The molecule has 1 fully saturated rings. The minimum absolute atomic E-state index is 0.0327. The lowest BCUT2D eigenvalue weighted by atomic mass is 10.1. The van der Waals surface area contributed by atoms with Gasteiger partial charge in [0.25, 0.3) is 0 Å². The molecule has 0 aromatic heterocycles. The van der Waals surface area contributed by atoms with E-state index < -0.39 is 23.6 Å². The molecule has 0 radical (unpaired) electrons. The van der Waals surface area contributed by atoms with Crippen LogP contribution in [-0.4, -0.2) is 28.5 Å². The molecule has 0 saturated heterocycles. The first-order valence-corrected chi connectivity index (χ1v) is 8.20. The van der Waals surface area contributed by atoms with Crippen LogP contribution in [0.1, 0.15) is 40.4 Å². The molecule has 25 heavy (non-hydrogen) atoms. The second-order valence-corrected chi connectivity index (χ2v) is 6.40. The molecule has 3 N–H and O–H groups in total. The summed E-state index contributed by atoms with van der Waals surface area (Å²) in [5, 5.41) is 10.4. The van der Waals surface area contributed by atoms with Crippen molar-refractivity contribution in [3.05, 3.63) is 70.8 Å². The summed E-state index contributed by atoms with van der Waals surface area (Å²) < 4.78 is 27.2. The number of hydrogen-bond donors (Lipinski definition) is 2. The van der Waals surface area contributed by atoms with Gasteiger partial charge in [0.05, 0.1) is 6.10 Å². The third-order valence-electron chi connectivity index (χ3n) is 4.41. The van der Waals surface area contributed by atoms with E-state index in [0.29, 0.717) is 18.2 Å². The van der Waals surface area contributed by atoms with E-state index >= 15 is 0 Å². The van der Waals surface area contributed by atoms with Gasteiger partial charge >= 0.3 is 0 Å². The molecular weight excluding hydrogens is 326 g/mol. The topological polar surface area (TPSA) is 66.6 Å². The Hall–Kier alpha value is -2.31. The van der Waals surface area contributed by atoms with E-state index in [-0.39, 0.29) is 12.1 Å². The van der Waals surface area contributed by atoms with Gasteiger partial charge in [-0.3, -0.25) is 9.69 Å². The summed E-state index contributed by atoms with van der Waals surface area (Å²) in [6.45, 7) is 0.764. The maximum Gasteiger partial charge on any atom is 0.248 e. The van der Waals surface area contributed by atoms with Gasteiger partial charge in [0.2, 0.25) is 5.91 Å². The fourth-order valence-electron chi connectivity index (χ4n) is 2.88. The molecule has 1 amide bonds. The number of carbonyl (C=O) groups excluding carboxylic acids is 1. The van der Waals surface area contributed by atoms with E-state index in [2.05, 4.69) is 0 Å². The lowest BCUT2D eigenvalue weighted by molar-refractivity contribution is 0.1000. The molecule has 0 spiro atoms. The second kappa shape index (κ2) is 7.29. The van der Waals surface area contributed by atoms with Gasteiger partial charge in [0.15, 0.2) is 0 Å². The van der Waals surface area contributed by atoms with E-state index in [4.69, 9.17) is 5.73 Å². The number of nitrogens with two attached hydrogens (primary N) is 1. The van der Waals surface area contributed by atoms with Crippen LogP contribution in [0.25, 0.3) is 0 Å². The normalized spacial score (nSPS) is 15.4.